The minimum Gasteiger partial charge on any atom is -0.368 e. The van der Waals surface area contributed by atoms with Crippen LogP contribution in [-0.2, 0) is 20.9 Å². The molecular weight excluding hydrogens is 344 g/mol. The van der Waals surface area contributed by atoms with Gasteiger partial charge in [-0.25, -0.2) is 0 Å². The van der Waals surface area contributed by atoms with E-state index in [1.807, 2.05) is 12.1 Å². The van der Waals surface area contributed by atoms with Crippen molar-refractivity contribution in [2.45, 2.75) is 62.8 Å². The number of aromatic nitrogens is 1. The molecule has 0 unspecified atom stereocenters. The van der Waals surface area contributed by atoms with E-state index < -0.39 is 5.54 Å². The smallest absolute Gasteiger partial charge is 0.249 e. The number of pyridine rings is 1. The van der Waals surface area contributed by atoms with Crippen LogP contribution >= 0.6 is 0 Å². The summed E-state index contributed by atoms with van der Waals surface area (Å²) in [5, 5.41) is 6.24. The Hall–Kier alpha value is -1.99. The van der Waals surface area contributed by atoms with E-state index in [-0.39, 0.29) is 24.0 Å². The molecule has 0 radical (unpaired) electrons. The summed E-state index contributed by atoms with van der Waals surface area (Å²) in [6.45, 7) is 2.79. The van der Waals surface area contributed by atoms with Crippen molar-refractivity contribution in [2.75, 3.05) is 19.7 Å². The number of piperidine rings is 1. The number of amides is 2. The van der Waals surface area contributed by atoms with Gasteiger partial charge in [-0.15, -0.1) is 0 Å². The second-order valence-corrected chi connectivity index (χ2v) is 7.89. The average Bonchev–Trinajstić information content (AvgIpc) is 3.35. The van der Waals surface area contributed by atoms with Gasteiger partial charge in [0, 0.05) is 38.1 Å². The highest BCUT2D eigenvalue weighted by atomic mass is 16.5. The largest absolute Gasteiger partial charge is 0.368 e. The molecule has 3 aliphatic heterocycles. The van der Waals surface area contributed by atoms with E-state index >= 15 is 0 Å². The van der Waals surface area contributed by atoms with Gasteiger partial charge in [-0.3, -0.25) is 19.5 Å². The number of nitrogens with zero attached hydrogens (tertiary/aromatic N) is 2. The molecule has 2 amide bonds. The molecule has 3 fully saturated rings. The molecule has 3 atom stereocenters. The van der Waals surface area contributed by atoms with Gasteiger partial charge >= 0.3 is 0 Å². The van der Waals surface area contributed by atoms with Gasteiger partial charge in [0.1, 0.15) is 11.6 Å². The summed E-state index contributed by atoms with van der Waals surface area (Å²) < 4.78 is 5.49. The standard InChI is InChI=1S/C20H28N4O3/c25-18(17-6-4-10-27-17)23-16-11-20(7-1-2-9-24(20)14-16)19(26)22-13-15-5-3-8-21-12-15/h3,5,8,12,16-17H,1-2,4,6-7,9-11,13-14H2,(H,22,26)(H,23,25)/t16-,17+,20+/m0/s1. The molecule has 3 saturated heterocycles. The van der Waals surface area contributed by atoms with Gasteiger partial charge in [-0.2, -0.15) is 0 Å². The topological polar surface area (TPSA) is 83.6 Å². The van der Waals surface area contributed by atoms with E-state index in [1.165, 1.54) is 0 Å². The Morgan fingerprint density at radius 2 is 2.26 bits per heavy atom. The van der Waals surface area contributed by atoms with Gasteiger partial charge in [0.2, 0.25) is 11.8 Å². The molecule has 0 bridgehead atoms. The lowest BCUT2D eigenvalue weighted by Crippen LogP contribution is -2.57. The summed E-state index contributed by atoms with van der Waals surface area (Å²) in [6, 6.07) is 3.84. The first-order chi connectivity index (χ1) is 13.2. The Morgan fingerprint density at radius 3 is 3.04 bits per heavy atom. The highest BCUT2D eigenvalue weighted by Crippen LogP contribution is 2.38. The Balaban J connectivity index is 1.40. The molecule has 3 aliphatic rings. The normalized spacial score (nSPS) is 30.7. The van der Waals surface area contributed by atoms with Crippen LogP contribution in [0.4, 0.5) is 0 Å². The number of rotatable bonds is 5. The van der Waals surface area contributed by atoms with Crippen LogP contribution in [0.25, 0.3) is 0 Å². The van der Waals surface area contributed by atoms with E-state index in [2.05, 4.69) is 20.5 Å². The van der Waals surface area contributed by atoms with E-state index in [4.69, 9.17) is 4.74 Å². The maximum absolute atomic E-state index is 13.2. The van der Waals surface area contributed by atoms with Gasteiger partial charge in [0.05, 0.1) is 0 Å². The summed E-state index contributed by atoms with van der Waals surface area (Å²) >= 11 is 0. The van der Waals surface area contributed by atoms with Crippen LogP contribution in [0.2, 0.25) is 0 Å². The molecule has 1 aromatic rings. The van der Waals surface area contributed by atoms with Crippen molar-refractivity contribution in [3.8, 4) is 0 Å². The number of carbonyl (C=O) groups excluding carboxylic acids is 2. The lowest BCUT2D eigenvalue weighted by atomic mass is 9.84. The SMILES string of the molecule is O=C(N[C@@H]1CN2CCCC[C@]2(C(=O)NCc2cccnc2)C1)[C@H]1CCCO1. The van der Waals surface area contributed by atoms with Crippen molar-refractivity contribution in [2.24, 2.45) is 0 Å². The first-order valence-corrected chi connectivity index (χ1v) is 10.0. The lowest BCUT2D eigenvalue weighted by Gasteiger charge is -2.40. The fraction of sp³-hybridized carbons (Fsp3) is 0.650. The number of hydrogen-bond donors (Lipinski definition) is 2. The first-order valence-electron chi connectivity index (χ1n) is 10.0. The van der Waals surface area contributed by atoms with Crippen molar-refractivity contribution in [1.82, 2.24) is 20.5 Å². The zero-order valence-electron chi connectivity index (χ0n) is 15.7. The van der Waals surface area contributed by atoms with Crippen LogP contribution in [0.3, 0.4) is 0 Å². The lowest BCUT2D eigenvalue weighted by molar-refractivity contribution is -0.134. The average molecular weight is 372 g/mol. The molecular formula is C20H28N4O3. The van der Waals surface area contributed by atoms with Gasteiger partial charge in [-0.05, 0) is 56.7 Å². The van der Waals surface area contributed by atoms with Crippen LogP contribution in [-0.4, -0.2) is 59.1 Å². The van der Waals surface area contributed by atoms with Crippen molar-refractivity contribution < 1.29 is 14.3 Å². The van der Waals surface area contributed by atoms with Crippen LogP contribution in [0, 0.1) is 0 Å². The van der Waals surface area contributed by atoms with Gasteiger partial charge in [-0.1, -0.05) is 6.07 Å². The van der Waals surface area contributed by atoms with Crippen molar-refractivity contribution in [3.05, 3.63) is 30.1 Å². The second kappa shape index (κ2) is 7.94. The summed E-state index contributed by atoms with van der Waals surface area (Å²) in [4.78, 5) is 32.0. The molecule has 1 aromatic heterocycles. The molecule has 0 saturated carbocycles. The minimum atomic E-state index is -0.505. The summed E-state index contributed by atoms with van der Waals surface area (Å²) in [5.41, 5.74) is 0.486. The summed E-state index contributed by atoms with van der Waals surface area (Å²) in [6.07, 6.45) is 8.57. The molecule has 7 heteroatoms. The monoisotopic (exact) mass is 372 g/mol. The Bertz CT molecular complexity index is 677. The van der Waals surface area contributed by atoms with Gasteiger partial charge in [0.15, 0.2) is 0 Å². The number of fused-ring (bicyclic) bond motifs is 1. The number of ether oxygens (including phenoxy) is 1. The molecule has 0 aromatic carbocycles. The molecule has 27 heavy (non-hydrogen) atoms. The number of carbonyl (C=O) groups is 2. The number of nitrogens with one attached hydrogen (secondary N) is 2. The van der Waals surface area contributed by atoms with Gasteiger partial charge in [0.25, 0.3) is 0 Å². The zero-order chi connectivity index (χ0) is 18.7. The van der Waals surface area contributed by atoms with Crippen LogP contribution < -0.4 is 10.6 Å². The third kappa shape index (κ3) is 3.84. The molecule has 4 heterocycles. The Morgan fingerprint density at radius 1 is 1.33 bits per heavy atom. The fourth-order valence-electron chi connectivity index (χ4n) is 4.70. The summed E-state index contributed by atoms with van der Waals surface area (Å²) in [5.74, 6) is 0.0446. The Labute approximate surface area is 159 Å². The van der Waals surface area contributed by atoms with E-state index in [0.29, 0.717) is 19.6 Å². The van der Waals surface area contributed by atoms with Crippen molar-refractivity contribution in [1.29, 1.82) is 0 Å². The predicted octanol–water partition coefficient (Wildman–Crippen LogP) is 0.990. The predicted molar refractivity (Wildman–Crippen MR) is 99.8 cm³/mol. The zero-order valence-corrected chi connectivity index (χ0v) is 15.7. The quantitative estimate of drug-likeness (QED) is 0.805. The maximum atomic E-state index is 13.2. The van der Waals surface area contributed by atoms with Crippen LogP contribution in [0.1, 0.15) is 44.1 Å². The van der Waals surface area contributed by atoms with Crippen molar-refractivity contribution >= 4 is 11.8 Å². The number of hydrogen-bond acceptors (Lipinski definition) is 5. The minimum absolute atomic E-state index is 0.00365. The molecule has 7 nitrogen and oxygen atoms in total. The molecule has 0 spiro atoms. The third-order valence-corrected chi connectivity index (χ3v) is 6.07. The third-order valence-electron chi connectivity index (χ3n) is 6.07. The molecule has 4 rings (SSSR count). The van der Waals surface area contributed by atoms with Crippen molar-refractivity contribution in [3.63, 3.8) is 0 Å². The fourth-order valence-corrected chi connectivity index (χ4v) is 4.70. The van der Waals surface area contributed by atoms with Crippen LogP contribution in [0.15, 0.2) is 24.5 Å². The van der Waals surface area contributed by atoms with Crippen LogP contribution in [0.5, 0.6) is 0 Å². The van der Waals surface area contributed by atoms with Gasteiger partial charge < -0.3 is 15.4 Å². The first kappa shape index (κ1) is 18.4. The van der Waals surface area contributed by atoms with E-state index in [9.17, 15) is 9.59 Å². The maximum Gasteiger partial charge on any atom is 0.249 e. The Kier molecular flexibility index (Phi) is 5.41. The second-order valence-electron chi connectivity index (χ2n) is 7.89. The molecule has 0 aliphatic carbocycles. The highest BCUT2D eigenvalue weighted by Gasteiger charge is 2.52. The molecule has 146 valence electrons. The van der Waals surface area contributed by atoms with E-state index in [1.54, 1.807) is 12.4 Å². The highest BCUT2D eigenvalue weighted by molar-refractivity contribution is 5.87. The summed E-state index contributed by atoms with van der Waals surface area (Å²) in [7, 11) is 0. The molecule has 2 N–H and O–H groups in total. The van der Waals surface area contributed by atoms with E-state index in [0.717, 1.165) is 50.8 Å².